The molecule has 20 heavy (non-hydrogen) atoms. The summed E-state index contributed by atoms with van der Waals surface area (Å²) in [5, 5.41) is 0. The van der Waals surface area contributed by atoms with E-state index in [0.29, 0.717) is 0 Å². The molecule has 0 aromatic carbocycles. The molecule has 3 saturated carbocycles. The molecule has 0 nitrogen and oxygen atoms in total. The Hall–Kier alpha value is 0.0649. The van der Waals surface area contributed by atoms with Crippen molar-refractivity contribution in [3.8, 4) is 0 Å². The Labute approximate surface area is 127 Å². The van der Waals surface area contributed by atoms with Gasteiger partial charge in [0.25, 0.3) is 0 Å². The van der Waals surface area contributed by atoms with Gasteiger partial charge in [0.05, 0.1) is 0 Å². The SMILES string of the molecule is C1CCC(B(CCC2CCCC2)C2CCCCC2)CC1. The molecule has 0 unspecified atom stereocenters. The summed E-state index contributed by atoms with van der Waals surface area (Å²) in [6.45, 7) is 1.12. The lowest BCUT2D eigenvalue weighted by Crippen LogP contribution is -2.30. The minimum atomic E-state index is 1.12. The number of hydrogen-bond acceptors (Lipinski definition) is 0. The van der Waals surface area contributed by atoms with Gasteiger partial charge in [0, 0.05) is 0 Å². The predicted molar refractivity (Wildman–Crippen MR) is 90.8 cm³/mol. The van der Waals surface area contributed by atoms with Crippen molar-refractivity contribution in [2.45, 2.75) is 114 Å². The lowest BCUT2D eigenvalue weighted by molar-refractivity contribution is 0.453. The van der Waals surface area contributed by atoms with Crippen LogP contribution in [0, 0.1) is 5.92 Å². The van der Waals surface area contributed by atoms with Gasteiger partial charge >= 0.3 is 0 Å². The molecule has 114 valence electrons. The minimum Gasteiger partial charge on any atom is -0.0734 e. The number of rotatable bonds is 5. The monoisotopic (exact) mass is 274 g/mol. The molecule has 0 atom stereocenters. The topological polar surface area (TPSA) is 0 Å². The first kappa shape index (κ1) is 15.0. The maximum atomic E-state index is 1.60. The molecule has 0 bridgehead atoms. The second-order valence-electron chi connectivity index (χ2n) is 8.19. The highest BCUT2D eigenvalue weighted by atomic mass is 14.2. The molecule has 3 fully saturated rings. The first-order valence-electron chi connectivity index (χ1n) is 9.93. The fourth-order valence-corrected chi connectivity index (χ4v) is 5.71. The molecule has 1 heteroatoms. The summed E-state index contributed by atoms with van der Waals surface area (Å²) >= 11 is 0. The van der Waals surface area contributed by atoms with Gasteiger partial charge in [-0.25, -0.2) is 0 Å². The van der Waals surface area contributed by atoms with Gasteiger partial charge in [-0.3, -0.25) is 0 Å². The lowest BCUT2D eigenvalue weighted by atomic mass is 9.28. The third kappa shape index (κ3) is 4.04. The maximum Gasteiger partial charge on any atom is 0.146 e. The molecule has 0 amide bonds. The van der Waals surface area contributed by atoms with Crippen molar-refractivity contribution >= 4 is 6.71 Å². The molecule has 0 aliphatic heterocycles. The quantitative estimate of drug-likeness (QED) is 0.487. The van der Waals surface area contributed by atoms with Gasteiger partial charge in [0.2, 0.25) is 0 Å². The van der Waals surface area contributed by atoms with Gasteiger partial charge in [0.1, 0.15) is 6.71 Å². The fraction of sp³-hybridized carbons (Fsp3) is 1.00. The van der Waals surface area contributed by atoms with Gasteiger partial charge in [-0.2, -0.15) is 0 Å². The smallest absolute Gasteiger partial charge is 0.0734 e. The summed E-state index contributed by atoms with van der Waals surface area (Å²) in [4.78, 5) is 0. The molecule has 3 rings (SSSR count). The molecule has 0 aromatic heterocycles. The van der Waals surface area contributed by atoms with Gasteiger partial charge in [-0.15, -0.1) is 0 Å². The average Bonchev–Trinajstić information content (AvgIpc) is 3.03. The molecule has 0 aromatic rings. The highest BCUT2D eigenvalue weighted by Crippen LogP contribution is 2.44. The zero-order valence-electron chi connectivity index (χ0n) is 13.6. The summed E-state index contributed by atoms with van der Waals surface area (Å²) in [6.07, 6.45) is 24.9. The third-order valence-corrected chi connectivity index (χ3v) is 6.89. The van der Waals surface area contributed by atoms with E-state index in [1.807, 2.05) is 0 Å². The Balaban J connectivity index is 1.55. The predicted octanol–water partition coefficient (Wildman–Crippen LogP) is 6.73. The molecular weight excluding hydrogens is 239 g/mol. The van der Waals surface area contributed by atoms with E-state index in [-0.39, 0.29) is 0 Å². The maximum absolute atomic E-state index is 1.60. The zero-order valence-corrected chi connectivity index (χ0v) is 13.6. The van der Waals surface area contributed by atoms with Crippen molar-refractivity contribution in [1.29, 1.82) is 0 Å². The van der Waals surface area contributed by atoms with E-state index in [9.17, 15) is 0 Å². The normalized spacial score (nSPS) is 27.0. The van der Waals surface area contributed by atoms with E-state index in [2.05, 4.69) is 0 Å². The van der Waals surface area contributed by atoms with Crippen LogP contribution in [-0.2, 0) is 0 Å². The Morgan fingerprint density at radius 2 is 1.00 bits per heavy atom. The minimum absolute atomic E-state index is 1.12. The number of hydrogen-bond donors (Lipinski definition) is 0. The van der Waals surface area contributed by atoms with E-state index in [1.54, 1.807) is 51.3 Å². The van der Waals surface area contributed by atoms with Crippen molar-refractivity contribution < 1.29 is 0 Å². The van der Waals surface area contributed by atoms with E-state index < -0.39 is 0 Å². The zero-order chi connectivity index (χ0) is 13.6. The Morgan fingerprint density at radius 1 is 0.550 bits per heavy atom. The van der Waals surface area contributed by atoms with Crippen LogP contribution >= 0.6 is 0 Å². The fourth-order valence-electron chi connectivity index (χ4n) is 5.71. The van der Waals surface area contributed by atoms with Crippen LogP contribution in [0.1, 0.15) is 96.3 Å². The Bertz CT molecular complexity index is 239. The van der Waals surface area contributed by atoms with Crippen molar-refractivity contribution in [1.82, 2.24) is 0 Å². The summed E-state index contributed by atoms with van der Waals surface area (Å²) < 4.78 is 0. The molecular formula is C19H35B. The lowest BCUT2D eigenvalue weighted by Gasteiger charge is -2.36. The Morgan fingerprint density at radius 3 is 1.50 bits per heavy atom. The average molecular weight is 274 g/mol. The van der Waals surface area contributed by atoms with Crippen LogP contribution in [0.25, 0.3) is 0 Å². The molecule has 0 heterocycles. The van der Waals surface area contributed by atoms with Gasteiger partial charge in [0.15, 0.2) is 0 Å². The van der Waals surface area contributed by atoms with E-state index >= 15 is 0 Å². The summed E-state index contributed by atoms with van der Waals surface area (Å²) in [5.41, 5.74) is 0. The highest BCUT2D eigenvalue weighted by molar-refractivity contribution is 6.62. The summed E-state index contributed by atoms with van der Waals surface area (Å²) in [5.74, 6) is 3.35. The molecule has 0 saturated heterocycles. The van der Waals surface area contributed by atoms with Crippen molar-refractivity contribution in [2.24, 2.45) is 5.92 Å². The van der Waals surface area contributed by atoms with Gasteiger partial charge in [-0.05, 0) is 5.92 Å². The van der Waals surface area contributed by atoms with Crippen LogP contribution in [0.4, 0.5) is 0 Å². The van der Waals surface area contributed by atoms with Crippen molar-refractivity contribution in [2.75, 3.05) is 0 Å². The summed E-state index contributed by atoms with van der Waals surface area (Å²) in [7, 11) is 0. The second-order valence-corrected chi connectivity index (χ2v) is 8.19. The van der Waals surface area contributed by atoms with Crippen LogP contribution in [0.5, 0.6) is 0 Å². The second kappa shape index (κ2) is 7.90. The summed E-state index contributed by atoms with van der Waals surface area (Å²) in [6, 6.07) is 0. The van der Waals surface area contributed by atoms with E-state index in [1.165, 1.54) is 51.4 Å². The molecule has 0 N–H and O–H groups in total. The van der Waals surface area contributed by atoms with Crippen LogP contribution in [0.2, 0.25) is 18.0 Å². The van der Waals surface area contributed by atoms with Gasteiger partial charge < -0.3 is 0 Å². The van der Waals surface area contributed by atoms with Crippen LogP contribution in [0.15, 0.2) is 0 Å². The highest BCUT2D eigenvalue weighted by Gasteiger charge is 2.34. The Kier molecular flexibility index (Phi) is 5.92. The van der Waals surface area contributed by atoms with E-state index in [4.69, 9.17) is 0 Å². The largest absolute Gasteiger partial charge is 0.146 e. The molecule has 0 spiro atoms. The van der Waals surface area contributed by atoms with Crippen LogP contribution in [0.3, 0.4) is 0 Å². The van der Waals surface area contributed by atoms with Crippen LogP contribution < -0.4 is 0 Å². The van der Waals surface area contributed by atoms with E-state index in [0.717, 1.165) is 24.3 Å². The first-order chi connectivity index (χ1) is 9.93. The molecule has 3 aliphatic rings. The third-order valence-electron chi connectivity index (χ3n) is 6.89. The standard InChI is InChI=1S/C19H35B/c1-3-11-18(12-4-1)20(19-13-5-2-6-14-19)16-15-17-9-7-8-10-17/h17-19H,1-16H2. The van der Waals surface area contributed by atoms with Crippen molar-refractivity contribution in [3.63, 3.8) is 0 Å². The van der Waals surface area contributed by atoms with Crippen LogP contribution in [-0.4, -0.2) is 6.71 Å². The molecule has 0 radical (unpaired) electrons. The molecule has 3 aliphatic carbocycles. The van der Waals surface area contributed by atoms with Crippen molar-refractivity contribution in [3.05, 3.63) is 0 Å². The van der Waals surface area contributed by atoms with Gasteiger partial charge in [-0.1, -0.05) is 114 Å². The first-order valence-corrected chi connectivity index (χ1v) is 9.93.